The Kier molecular flexibility index (Phi) is 1.94. The Morgan fingerprint density at radius 3 is 2.78 bits per heavy atom. The molecule has 0 fully saturated rings. The highest BCUT2D eigenvalue weighted by Gasteiger charge is 1.95. The summed E-state index contributed by atoms with van der Waals surface area (Å²) in [6.07, 6.45) is 1.79. The number of halogens is 1. The van der Waals surface area contributed by atoms with E-state index in [2.05, 4.69) is 5.10 Å². The maximum atomic E-state index is 10.7. The zero-order valence-corrected chi connectivity index (χ0v) is 7.18. The molecule has 1 N–H and O–H groups in total. The van der Waals surface area contributed by atoms with Gasteiger partial charge in [-0.2, -0.15) is 0 Å². The fourth-order valence-corrected chi connectivity index (χ4v) is 1.04. The van der Waals surface area contributed by atoms with Crippen LogP contribution in [0.25, 0.3) is 0 Å². The first-order valence-electron chi connectivity index (χ1n) is 2.69. The second kappa shape index (κ2) is 2.55. The van der Waals surface area contributed by atoms with Gasteiger partial charge >= 0.3 is 0 Å². The largest absolute Gasteiger partial charge is 0.292 e. The van der Waals surface area contributed by atoms with E-state index < -0.39 is 0 Å². The molecule has 0 spiro atoms. The van der Waals surface area contributed by atoms with E-state index in [-0.39, 0.29) is 5.56 Å². The molecule has 0 unspecified atom stereocenters. The summed E-state index contributed by atoms with van der Waals surface area (Å²) in [4.78, 5) is 10.7. The Bertz CT molecular complexity index is 250. The minimum absolute atomic E-state index is 0.00236. The third-order valence-electron chi connectivity index (χ3n) is 1.07. The van der Waals surface area contributed by atoms with Gasteiger partial charge in [-0.15, -0.1) is 0 Å². The number of hydrogen-bond donors (Lipinski definition) is 1. The molecule has 3 nitrogen and oxygen atoms in total. The third kappa shape index (κ3) is 1.35. The summed E-state index contributed by atoms with van der Waals surface area (Å²) in [6.45, 7) is 2.80. The van der Waals surface area contributed by atoms with E-state index in [0.29, 0.717) is 0 Å². The fraction of sp³-hybridized carbons (Fsp3) is 0.400. The van der Waals surface area contributed by atoms with Crippen molar-refractivity contribution in [1.29, 1.82) is 0 Å². The van der Waals surface area contributed by atoms with Gasteiger partial charge in [-0.05, 0) is 29.5 Å². The van der Waals surface area contributed by atoms with Gasteiger partial charge in [0.2, 0.25) is 0 Å². The average molecular weight is 238 g/mol. The van der Waals surface area contributed by atoms with E-state index in [1.165, 1.54) is 0 Å². The van der Waals surface area contributed by atoms with Crippen molar-refractivity contribution in [3.8, 4) is 0 Å². The number of nitrogens with zero attached hydrogens (tertiary/aromatic N) is 1. The van der Waals surface area contributed by atoms with Crippen molar-refractivity contribution in [2.75, 3.05) is 0 Å². The van der Waals surface area contributed by atoms with Crippen molar-refractivity contribution in [3.05, 3.63) is 20.1 Å². The third-order valence-corrected chi connectivity index (χ3v) is 1.84. The number of aromatic amines is 1. The lowest BCUT2D eigenvalue weighted by molar-refractivity contribution is 0.653. The summed E-state index contributed by atoms with van der Waals surface area (Å²) in [5, 5.41) is 2.65. The maximum Gasteiger partial charge on any atom is 0.277 e. The molecule has 0 amide bonds. The molecule has 0 bridgehead atoms. The van der Waals surface area contributed by atoms with Crippen LogP contribution in [0.1, 0.15) is 6.92 Å². The van der Waals surface area contributed by atoms with Gasteiger partial charge in [-0.25, -0.2) is 0 Å². The van der Waals surface area contributed by atoms with Crippen molar-refractivity contribution < 1.29 is 0 Å². The normalized spacial score (nSPS) is 10.0. The molecule has 1 aromatic rings. The van der Waals surface area contributed by atoms with Crippen LogP contribution in [0, 0.1) is 3.57 Å². The average Bonchev–Trinajstić information content (AvgIpc) is 2.13. The van der Waals surface area contributed by atoms with Crippen LogP contribution >= 0.6 is 22.6 Å². The molecule has 0 aliphatic carbocycles. The highest BCUT2D eigenvalue weighted by Crippen LogP contribution is 1.93. The standard InChI is InChI=1S/C5H7IN2O/c1-2-8-3-4(6)5(9)7-8/h3H,2H2,1H3,(H,7,9). The molecule has 1 heterocycles. The van der Waals surface area contributed by atoms with Crippen molar-refractivity contribution in [3.63, 3.8) is 0 Å². The van der Waals surface area contributed by atoms with Gasteiger partial charge < -0.3 is 0 Å². The Balaban J connectivity index is 3.13. The number of nitrogens with one attached hydrogen (secondary N) is 1. The first kappa shape index (κ1) is 6.85. The first-order chi connectivity index (χ1) is 4.24. The van der Waals surface area contributed by atoms with Crippen molar-refractivity contribution >= 4 is 22.6 Å². The van der Waals surface area contributed by atoms with E-state index in [0.717, 1.165) is 10.1 Å². The number of aromatic nitrogens is 2. The number of rotatable bonds is 1. The Hall–Kier alpha value is -0.260. The second-order valence-corrected chi connectivity index (χ2v) is 2.87. The van der Waals surface area contributed by atoms with Crippen LogP contribution in [0.4, 0.5) is 0 Å². The van der Waals surface area contributed by atoms with Crippen LogP contribution in [0.3, 0.4) is 0 Å². The van der Waals surface area contributed by atoms with Gasteiger partial charge in [0.15, 0.2) is 0 Å². The molecule has 1 aromatic heterocycles. The van der Waals surface area contributed by atoms with Gasteiger partial charge in [0.1, 0.15) is 0 Å². The summed E-state index contributed by atoms with van der Waals surface area (Å²) in [6, 6.07) is 0. The SMILES string of the molecule is CCn1cc(I)c(=O)[nH]1. The molecule has 4 heteroatoms. The van der Waals surface area contributed by atoms with Gasteiger partial charge in [0, 0.05) is 12.7 Å². The smallest absolute Gasteiger partial charge is 0.277 e. The summed E-state index contributed by atoms with van der Waals surface area (Å²) in [7, 11) is 0. The highest BCUT2D eigenvalue weighted by molar-refractivity contribution is 14.1. The van der Waals surface area contributed by atoms with Gasteiger partial charge in [0.25, 0.3) is 5.56 Å². The summed E-state index contributed by atoms with van der Waals surface area (Å²) in [5.41, 5.74) is -0.00236. The van der Waals surface area contributed by atoms with Gasteiger partial charge in [0.05, 0.1) is 3.57 Å². The zero-order valence-electron chi connectivity index (χ0n) is 5.02. The number of aryl methyl sites for hydroxylation is 1. The molecule has 0 radical (unpaired) electrons. The topological polar surface area (TPSA) is 37.8 Å². The predicted molar refractivity (Wildman–Crippen MR) is 43.4 cm³/mol. The highest BCUT2D eigenvalue weighted by atomic mass is 127. The number of hydrogen-bond acceptors (Lipinski definition) is 1. The van der Waals surface area contributed by atoms with Gasteiger partial charge in [-0.1, -0.05) is 0 Å². The summed E-state index contributed by atoms with van der Waals surface area (Å²) >= 11 is 2.00. The maximum absolute atomic E-state index is 10.7. The molecule has 9 heavy (non-hydrogen) atoms. The van der Waals surface area contributed by atoms with E-state index in [1.54, 1.807) is 10.9 Å². The van der Waals surface area contributed by atoms with Crippen LogP contribution < -0.4 is 5.56 Å². The minimum atomic E-state index is -0.00236. The molecular formula is C5H7IN2O. The molecule has 0 aromatic carbocycles. The lowest BCUT2D eigenvalue weighted by Crippen LogP contribution is -2.05. The predicted octanol–water partition coefficient (Wildman–Crippen LogP) is 0.801. The Labute approximate surface area is 66.2 Å². The Morgan fingerprint density at radius 2 is 2.56 bits per heavy atom. The van der Waals surface area contributed by atoms with Crippen LogP contribution in [0.2, 0.25) is 0 Å². The van der Waals surface area contributed by atoms with Crippen molar-refractivity contribution in [1.82, 2.24) is 9.78 Å². The number of H-pyrrole nitrogens is 1. The molecule has 0 saturated carbocycles. The molecule has 0 aliphatic heterocycles. The summed E-state index contributed by atoms with van der Waals surface area (Å²) < 4.78 is 2.50. The van der Waals surface area contributed by atoms with E-state index >= 15 is 0 Å². The lowest BCUT2D eigenvalue weighted by atomic mass is 10.7. The van der Waals surface area contributed by atoms with Crippen molar-refractivity contribution in [2.45, 2.75) is 13.5 Å². The fourth-order valence-electron chi connectivity index (χ4n) is 0.582. The van der Waals surface area contributed by atoms with Crippen LogP contribution in [0.5, 0.6) is 0 Å². The molecule has 1 rings (SSSR count). The molecule has 0 aliphatic rings. The lowest BCUT2D eigenvalue weighted by Gasteiger charge is -1.90. The first-order valence-corrected chi connectivity index (χ1v) is 3.77. The monoisotopic (exact) mass is 238 g/mol. The van der Waals surface area contributed by atoms with Crippen molar-refractivity contribution in [2.24, 2.45) is 0 Å². The zero-order chi connectivity index (χ0) is 6.85. The quantitative estimate of drug-likeness (QED) is 0.722. The summed E-state index contributed by atoms with van der Waals surface area (Å²) in [5.74, 6) is 0. The minimum Gasteiger partial charge on any atom is -0.292 e. The molecular weight excluding hydrogens is 231 g/mol. The van der Waals surface area contributed by atoms with Crippen LogP contribution in [-0.2, 0) is 6.54 Å². The second-order valence-electron chi connectivity index (χ2n) is 1.70. The van der Waals surface area contributed by atoms with E-state index in [9.17, 15) is 4.79 Å². The van der Waals surface area contributed by atoms with Crippen LogP contribution in [0.15, 0.2) is 11.0 Å². The van der Waals surface area contributed by atoms with Crippen LogP contribution in [-0.4, -0.2) is 9.78 Å². The molecule has 0 atom stereocenters. The molecule has 50 valence electrons. The molecule has 0 saturated heterocycles. The van der Waals surface area contributed by atoms with Gasteiger partial charge in [-0.3, -0.25) is 14.6 Å². The van der Waals surface area contributed by atoms with E-state index in [1.807, 2.05) is 29.5 Å². The van der Waals surface area contributed by atoms with E-state index in [4.69, 9.17) is 0 Å². The Morgan fingerprint density at radius 1 is 1.89 bits per heavy atom.